The molecule has 1 heterocycles. The van der Waals surface area contributed by atoms with Crippen molar-refractivity contribution in [2.75, 3.05) is 39.9 Å². The molecular weight excluding hydrogens is 212 g/mol. The topological polar surface area (TPSA) is 24.5 Å². The zero-order valence-electron chi connectivity index (χ0n) is 11.9. The van der Waals surface area contributed by atoms with E-state index in [1.165, 1.54) is 32.2 Å². The van der Waals surface area contributed by atoms with Crippen LogP contribution in [0.4, 0.5) is 0 Å². The van der Waals surface area contributed by atoms with Gasteiger partial charge in [-0.1, -0.05) is 13.8 Å². The smallest absolute Gasteiger partial charge is 0.0506 e. The van der Waals surface area contributed by atoms with Crippen molar-refractivity contribution in [2.24, 2.45) is 5.92 Å². The highest BCUT2D eigenvalue weighted by Crippen LogP contribution is 2.14. The molecule has 1 aliphatic rings. The van der Waals surface area contributed by atoms with E-state index >= 15 is 0 Å². The predicted octanol–water partition coefficient (Wildman–Crippen LogP) is 2.12. The zero-order valence-corrected chi connectivity index (χ0v) is 11.9. The molecule has 0 spiro atoms. The average Bonchev–Trinajstić information content (AvgIpc) is 2.35. The van der Waals surface area contributed by atoms with E-state index in [-0.39, 0.29) is 0 Å². The molecule has 0 aromatic heterocycles. The first-order chi connectivity index (χ1) is 8.26. The van der Waals surface area contributed by atoms with Gasteiger partial charge in [0.25, 0.3) is 0 Å². The average molecular weight is 242 g/mol. The Hall–Kier alpha value is -0.120. The molecule has 3 heteroatoms. The lowest BCUT2D eigenvalue weighted by Gasteiger charge is -2.29. The highest BCUT2D eigenvalue weighted by atomic mass is 16.5. The number of nitrogens with zero attached hydrogens (tertiary/aromatic N) is 1. The molecule has 3 nitrogen and oxygen atoms in total. The highest BCUT2D eigenvalue weighted by Gasteiger charge is 2.17. The fraction of sp³-hybridized carbons (Fsp3) is 1.00. The van der Waals surface area contributed by atoms with Crippen molar-refractivity contribution in [1.82, 2.24) is 10.2 Å². The Kier molecular flexibility index (Phi) is 7.82. The van der Waals surface area contributed by atoms with Gasteiger partial charge in [-0.2, -0.15) is 0 Å². The number of ether oxygens (including phenoxy) is 1. The minimum absolute atomic E-state index is 0.643. The van der Waals surface area contributed by atoms with Crippen LogP contribution in [0.3, 0.4) is 0 Å². The molecule has 1 saturated heterocycles. The van der Waals surface area contributed by atoms with Crippen LogP contribution in [0, 0.1) is 5.92 Å². The second-order valence-electron chi connectivity index (χ2n) is 5.36. The van der Waals surface area contributed by atoms with Gasteiger partial charge in [-0.15, -0.1) is 0 Å². The Balaban J connectivity index is 2.18. The van der Waals surface area contributed by atoms with Crippen molar-refractivity contribution >= 4 is 0 Å². The van der Waals surface area contributed by atoms with Crippen LogP contribution in [-0.4, -0.2) is 50.8 Å². The van der Waals surface area contributed by atoms with Gasteiger partial charge in [0.05, 0.1) is 6.61 Å². The van der Waals surface area contributed by atoms with Crippen molar-refractivity contribution in [3.05, 3.63) is 0 Å². The molecule has 0 aliphatic carbocycles. The minimum atomic E-state index is 0.643. The Morgan fingerprint density at radius 3 is 2.82 bits per heavy atom. The molecule has 0 radical (unpaired) electrons. The summed E-state index contributed by atoms with van der Waals surface area (Å²) in [4.78, 5) is 2.47. The van der Waals surface area contributed by atoms with Gasteiger partial charge in [0.1, 0.15) is 0 Å². The second kappa shape index (κ2) is 8.90. The van der Waals surface area contributed by atoms with E-state index in [1.54, 1.807) is 0 Å². The van der Waals surface area contributed by atoms with Crippen LogP contribution in [0.15, 0.2) is 0 Å². The maximum Gasteiger partial charge on any atom is 0.0506 e. The summed E-state index contributed by atoms with van der Waals surface area (Å²) in [6, 6.07) is 0.643. The van der Waals surface area contributed by atoms with Gasteiger partial charge in [-0.05, 0) is 45.2 Å². The van der Waals surface area contributed by atoms with Gasteiger partial charge in [0, 0.05) is 25.7 Å². The molecule has 1 fully saturated rings. The summed E-state index contributed by atoms with van der Waals surface area (Å²) in [5.41, 5.74) is 0. The lowest BCUT2D eigenvalue weighted by molar-refractivity contribution is 0.0409. The highest BCUT2D eigenvalue weighted by molar-refractivity contribution is 4.72. The summed E-state index contributed by atoms with van der Waals surface area (Å²) >= 11 is 0. The molecule has 0 saturated carbocycles. The summed E-state index contributed by atoms with van der Waals surface area (Å²) in [7, 11) is 2.24. The molecule has 0 amide bonds. The maximum absolute atomic E-state index is 5.54. The molecule has 1 rings (SSSR count). The Morgan fingerprint density at radius 2 is 2.24 bits per heavy atom. The molecular formula is C14H30N2O. The first kappa shape index (κ1) is 14.9. The summed E-state index contributed by atoms with van der Waals surface area (Å²) in [5, 5.41) is 3.61. The fourth-order valence-electron chi connectivity index (χ4n) is 2.53. The summed E-state index contributed by atoms with van der Waals surface area (Å²) in [5.74, 6) is 0.748. The molecule has 0 bridgehead atoms. The van der Waals surface area contributed by atoms with Gasteiger partial charge in [-0.25, -0.2) is 0 Å². The maximum atomic E-state index is 5.54. The predicted molar refractivity (Wildman–Crippen MR) is 73.4 cm³/mol. The van der Waals surface area contributed by atoms with Crippen molar-refractivity contribution in [2.45, 2.75) is 45.6 Å². The molecule has 1 aliphatic heterocycles. The van der Waals surface area contributed by atoms with Crippen molar-refractivity contribution in [1.29, 1.82) is 0 Å². The zero-order chi connectivity index (χ0) is 12.5. The summed E-state index contributed by atoms with van der Waals surface area (Å²) in [6.07, 6.45) is 5.01. The SMILES string of the molecule is CCCNC(CC)CN(C)CC1CCCOC1. The van der Waals surface area contributed by atoms with Crippen LogP contribution in [0.25, 0.3) is 0 Å². The van der Waals surface area contributed by atoms with Crippen LogP contribution < -0.4 is 5.32 Å². The van der Waals surface area contributed by atoms with E-state index in [2.05, 4.69) is 31.1 Å². The first-order valence-electron chi connectivity index (χ1n) is 7.25. The largest absolute Gasteiger partial charge is 0.381 e. The number of nitrogens with one attached hydrogen (secondary N) is 1. The molecule has 2 unspecified atom stereocenters. The van der Waals surface area contributed by atoms with E-state index in [9.17, 15) is 0 Å². The lowest BCUT2D eigenvalue weighted by Crippen LogP contribution is -2.42. The van der Waals surface area contributed by atoms with E-state index < -0.39 is 0 Å². The molecule has 0 aromatic rings. The third kappa shape index (κ3) is 6.39. The normalized spacial score (nSPS) is 22.9. The third-order valence-corrected chi connectivity index (χ3v) is 3.53. The van der Waals surface area contributed by atoms with Crippen LogP contribution >= 0.6 is 0 Å². The van der Waals surface area contributed by atoms with Crippen LogP contribution in [-0.2, 0) is 4.74 Å². The van der Waals surface area contributed by atoms with Crippen LogP contribution in [0.5, 0.6) is 0 Å². The van der Waals surface area contributed by atoms with Crippen molar-refractivity contribution in [3.63, 3.8) is 0 Å². The number of rotatable bonds is 8. The Bertz CT molecular complexity index is 181. The van der Waals surface area contributed by atoms with E-state index in [4.69, 9.17) is 4.74 Å². The number of hydrogen-bond donors (Lipinski definition) is 1. The molecule has 2 atom stereocenters. The van der Waals surface area contributed by atoms with Gasteiger partial charge >= 0.3 is 0 Å². The van der Waals surface area contributed by atoms with Gasteiger partial charge in [0.2, 0.25) is 0 Å². The Morgan fingerprint density at radius 1 is 1.41 bits per heavy atom. The van der Waals surface area contributed by atoms with Crippen LogP contribution in [0.1, 0.15) is 39.5 Å². The van der Waals surface area contributed by atoms with Crippen LogP contribution in [0.2, 0.25) is 0 Å². The quantitative estimate of drug-likeness (QED) is 0.705. The van der Waals surface area contributed by atoms with Gasteiger partial charge < -0.3 is 15.0 Å². The van der Waals surface area contributed by atoms with E-state index in [0.29, 0.717) is 6.04 Å². The minimum Gasteiger partial charge on any atom is -0.381 e. The van der Waals surface area contributed by atoms with Gasteiger partial charge in [-0.3, -0.25) is 0 Å². The number of hydrogen-bond acceptors (Lipinski definition) is 3. The molecule has 17 heavy (non-hydrogen) atoms. The molecule has 0 aromatic carbocycles. The monoisotopic (exact) mass is 242 g/mol. The number of likely N-dealkylation sites (N-methyl/N-ethyl adjacent to an activating group) is 1. The molecule has 102 valence electrons. The second-order valence-corrected chi connectivity index (χ2v) is 5.36. The van der Waals surface area contributed by atoms with E-state index in [0.717, 1.165) is 32.2 Å². The molecule has 1 N–H and O–H groups in total. The fourth-order valence-corrected chi connectivity index (χ4v) is 2.53. The summed E-state index contributed by atoms with van der Waals surface area (Å²) < 4.78 is 5.54. The lowest BCUT2D eigenvalue weighted by atomic mass is 10.0. The van der Waals surface area contributed by atoms with Gasteiger partial charge in [0.15, 0.2) is 0 Å². The van der Waals surface area contributed by atoms with Crippen molar-refractivity contribution < 1.29 is 4.74 Å². The Labute approximate surface area is 107 Å². The van der Waals surface area contributed by atoms with Crippen molar-refractivity contribution in [3.8, 4) is 0 Å². The third-order valence-electron chi connectivity index (χ3n) is 3.53. The van der Waals surface area contributed by atoms with E-state index in [1.807, 2.05) is 0 Å². The summed E-state index contributed by atoms with van der Waals surface area (Å²) in [6.45, 7) is 9.91. The standard InChI is InChI=1S/C14H30N2O/c1-4-8-15-14(5-2)11-16(3)10-13-7-6-9-17-12-13/h13-15H,4-12H2,1-3H3. The first-order valence-corrected chi connectivity index (χ1v) is 7.25.